The zero-order chi connectivity index (χ0) is 20.3. The minimum Gasteiger partial charge on any atom is -0.478 e. The number of carboxylic acids is 1. The van der Waals surface area contributed by atoms with Crippen molar-refractivity contribution in [2.75, 3.05) is 32.5 Å². The number of carboxylic acid groups (broad SMARTS) is 1. The maximum Gasteiger partial charge on any atom is 0.355 e. The summed E-state index contributed by atoms with van der Waals surface area (Å²) < 4.78 is 14.6. The minimum absolute atomic E-state index is 0.0168. The van der Waals surface area contributed by atoms with E-state index in [1.54, 1.807) is 0 Å². The van der Waals surface area contributed by atoms with Crippen molar-refractivity contribution >= 4 is 29.3 Å². The number of ether oxygens (including phenoxy) is 3. The van der Waals surface area contributed by atoms with Crippen LogP contribution in [0.4, 0.5) is 11.4 Å². The monoisotopic (exact) mass is 380 g/mol. The lowest BCUT2D eigenvalue weighted by atomic mass is 10.0. The van der Waals surface area contributed by atoms with Crippen LogP contribution in [0.5, 0.6) is 0 Å². The number of anilines is 1. The Morgan fingerprint density at radius 3 is 2.37 bits per heavy atom. The number of rotatable bonds is 5. The van der Waals surface area contributed by atoms with Gasteiger partial charge in [-0.15, -0.1) is 0 Å². The Balaban J connectivity index is 2.77. The number of nitro benzene ring substituents is 1. The van der Waals surface area contributed by atoms with Gasteiger partial charge in [0.2, 0.25) is 0 Å². The number of hydrogen-bond acceptors (Lipinski definition) is 9. The molecule has 0 bridgehead atoms. The topological polar surface area (TPSA) is 146 Å². The molecule has 1 aliphatic heterocycles. The number of benzene rings is 1. The second kappa shape index (κ2) is 7.83. The third-order valence-corrected chi connectivity index (χ3v) is 3.92. The van der Waals surface area contributed by atoms with E-state index >= 15 is 0 Å². The van der Waals surface area contributed by atoms with E-state index in [9.17, 15) is 29.6 Å². The maximum absolute atomic E-state index is 12.3. The van der Waals surface area contributed by atoms with Gasteiger partial charge in [0, 0.05) is 6.07 Å². The first-order chi connectivity index (χ1) is 12.7. The first-order valence-electron chi connectivity index (χ1n) is 7.50. The molecule has 0 aromatic heterocycles. The highest BCUT2D eigenvalue weighted by molar-refractivity contribution is 6.04. The third-order valence-electron chi connectivity index (χ3n) is 3.92. The highest BCUT2D eigenvalue weighted by atomic mass is 16.6. The average Bonchev–Trinajstić information content (AvgIpc) is 2.65. The molecule has 1 aromatic rings. The molecule has 0 fully saturated rings. The fourth-order valence-electron chi connectivity index (χ4n) is 2.61. The molecule has 1 N–H and O–H groups in total. The Kier molecular flexibility index (Phi) is 5.75. The predicted octanol–water partition coefficient (Wildman–Crippen LogP) is 0.996. The van der Waals surface area contributed by atoms with Crippen molar-refractivity contribution in [3.63, 3.8) is 0 Å². The first kappa shape index (κ1) is 19.8. The van der Waals surface area contributed by atoms with Crippen LogP contribution >= 0.6 is 0 Å². The van der Waals surface area contributed by atoms with Gasteiger partial charge in [-0.25, -0.2) is 14.4 Å². The summed E-state index contributed by atoms with van der Waals surface area (Å²) in [6.45, 7) is 0.889. The van der Waals surface area contributed by atoms with E-state index in [0.717, 1.165) is 31.3 Å². The quantitative estimate of drug-likeness (QED) is 0.446. The van der Waals surface area contributed by atoms with Gasteiger partial charge in [0.25, 0.3) is 5.69 Å². The Morgan fingerprint density at radius 2 is 1.85 bits per heavy atom. The molecule has 11 heteroatoms. The fourth-order valence-corrected chi connectivity index (χ4v) is 2.61. The van der Waals surface area contributed by atoms with E-state index < -0.39 is 28.5 Å². The SMILES string of the molecule is COC(=O)C1=C(C(=O)OC)N(c2cc(C(=O)O)cc([N+](=O)[O-])c2C)COC1. The molecule has 0 radical (unpaired) electrons. The molecule has 0 saturated heterocycles. The van der Waals surface area contributed by atoms with Crippen molar-refractivity contribution in [2.24, 2.45) is 0 Å². The zero-order valence-corrected chi connectivity index (χ0v) is 14.7. The van der Waals surface area contributed by atoms with Gasteiger partial charge in [-0.05, 0) is 13.0 Å². The molecule has 0 spiro atoms. The van der Waals surface area contributed by atoms with Crippen LogP contribution in [0.3, 0.4) is 0 Å². The van der Waals surface area contributed by atoms with E-state index in [1.807, 2.05) is 0 Å². The summed E-state index contributed by atoms with van der Waals surface area (Å²) in [6.07, 6.45) is 0. The van der Waals surface area contributed by atoms with Crippen LogP contribution in [0.2, 0.25) is 0 Å². The van der Waals surface area contributed by atoms with Crippen LogP contribution in [0.1, 0.15) is 15.9 Å². The number of nitrogens with zero attached hydrogens (tertiary/aromatic N) is 2. The third kappa shape index (κ3) is 3.72. The number of carbonyl (C=O) groups excluding carboxylic acids is 2. The zero-order valence-electron chi connectivity index (χ0n) is 14.7. The highest BCUT2D eigenvalue weighted by Gasteiger charge is 2.34. The number of esters is 2. The molecule has 0 aliphatic carbocycles. The summed E-state index contributed by atoms with van der Waals surface area (Å²) in [5.41, 5.74) is -1.12. The van der Waals surface area contributed by atoms with E-state index in [0.29, 0.717) is 0 Å². The predicted molar refractivity (Wildman–Crippen MR) is 89.1 cm³/mol. The summed E-state index contributed by atoms with van der Waals surface area (Å²) in [4.78, 5) is 47.4. The molecule has 11 nitrogen and oxygen atoms in total. The summed E-state index contributed by atoms with van der Waals surface area (Å²) in [5, 5.41) is 20.6. The molecule has 27 heavy (non-hydrogen) atoms. The lowest BCUT2D eigenvalue weighted by molar-refractivity contribution is -0.385. The molecule has 144 valence electrons. The summed E-state index contributed by atoms with van der Waals surface area (Å²) >= 11 is 0. The van der Waals surface area contributed by atoms with Crippen LogP contribution in [-0.4, -0.2) is 55.5 Å². The smallest absolute Gasteiger partial charge is 0.355 e. The summed E-state index contributed by atoms with van der Waals surface area (Å²) in [5.74, 6) is -3.14. The Hall–Kier alpha value is -3.47. The summed E-state index contributed by atoms with van der Waals surface area (Å²) in [7, 11) is 2.21. The van der Waals surface area contributed by atoms with Gasteiger partial charge in [0.1, 0.15) is 12.4 Å². The lowest BCUT2D eigenvalue weighted by Gasteiger charge is -2.32. The van der Waals surface area contributed by atoms with E-state index in [2.05, 4.69) is 4.74 Å². The highest BCUT2D eigenvalue weighted by Crippen LogP contribution is 2.35. The standard InChI is InChI=1S/C16H16N2O9/c1-8-11(4-9(14(19)20)5-12(8)18(23)24)17-7-27-6-10(15(21)25-2)13(17)16(22)26-3/h4-5H,6-7H2,1-3H3,(H,19,20). The van der Waals surface area contributed by atoms with Crippen molar-refractivity contribution < 1.29 is 38.6 Å². The molecule has 2 rings (SSSR count). The van der Waals surface area contributed by atoms with Crippen LogP contribution in [0, 0.1) is 17.0 Å². The van der Waals surface area contributed by atoms with Gasteiger partial charge in [-0.2, -0.15) is 0 Å². The number of carbonyl (C=O) groups is 3. The molecule has 0 saturated carbocycles. The number of aromatic carboxylic acids is 1. The number of methoxy groups -OCH3 is 2. The van der Waals surface area contributed by atoms with Gasteiger partial charge in [-0.1, -0.05) is 0 Å². The van der Waals surface area contributed by atoms with Crippen molar-refractivity contribution in [1.29, 1.82) is 0 Å². The Bertz CT molecular complexity index is 860. The molecule has 0 unspecified atom stereocenters. The van der Waals surface area contributed by atoms with Gasteiger partial charge in [0.15, 0.2) is 0 Å². The van der Waals surface area contributed by atoms with Gasteiger partial charge >= 0.3 is 17.9 Å². The maximum atomic E-state index is 12.3. The van der Waals surface area contributed by atoms with Crippen LogP contribution in [-0.2, 0) is 23.8 Å². The average molecular weight is 380 g/mol. The molecule has 1 aromatic carbocycles. The summed E-state index contributed by atoms with van der Waals surface area (Å²) in [6, 6.07) is 2.06. The van der Waals surface area contributed by atoms with Crippen molar-refractivity contribution in [1.82, 2.24) is 0 Å². The largest absolute Gasteiger partial charge is 0.478 e. The fraction of sp³-hybridized carbons (Fsp3) is 0.312. The van der Waals surface area contributed by atoms with Crippen molar-refractivity contribution in [3.05, 3.63) is 44.6 Å². The number of hydrogen-bond donors (Lipinski definition) is 1. The van der Waals surface area contributed by atoms with E-state index in [1.165, 1.54) is 6.92 Å². The lowest BCUT2D eigenvalue weighted by Crippen LogP contribution is -2.39. The minimum atomic E-state index is -1.39. The second-order valence-electron chi connectivity index (χ2n) is 5.42. The molecule has 1 heterocycles. The Morgan fingerprint density at radius 1 is 1.22 bits per heavy atom. The molecule has 1 aliphatic rings. The van der Waals surface area contributed by atoms with Crippen LogP contribution in [0.15, 0.2) is 23.4 Å². The second-order valence-corrected chi connectivity index (χ2v) is 5.42. The van der Waals surface area contributed by atoms with E-state index in [4.69, 9.17) is 9.47 Å². The Labute approximate surface area is 152 Å². The van der Waals surface area contributed by atoms with E-state index in [-0.39, 0.29) is 41.4 Å². The van der Waals surface area contributed by atoms with Crippen molar-refractivity contribution in [2.45, 2.75) is 6.92 Å². The number of nitro groups is 1. The van der Waals surface area contributed by atoms with Crippen LogP contribution < -0.4 is 4.90 Å². The molecule has 0 atom stereocenters. The first-order valence-corrected chi connectivity index (χ1v) is 7.50. The molecular weight excluding hydrogens is 364 g/mol. The van der Waals surface area contributed by atoms with Gasteiger partial charge < -0.3 is 24.2 Å². The van der Waals surface area contributed by atoms with Crippen molar-refractivity contribution in [3.8, 4) is 0 Å². The normalized spacial score (nSPS) is 14.0. The van der Waals surface area contributed by atoms with Gasteiger partial charge in [0.05, 0.1) is 48.1 Å². The van der Waals surface area contributed by atoms with Crippen LogP contribution in [0.25, 0.3) is 0 Å². The molecule has 0 amide bonds. The molecular formula is C16H16N2O9. The van der Waals surface area contributed by atoms with Gasteiger partial charge in [-0.3, -0.25) is 10.1 Å².